The zero-order valence-corrected chi connectivity index (χ0v) is 13.6. The van der Waals surface area contributed by atoms with Crippen molar-refractivity contribution in [3.8, 4) is 0 Å². The summed E-state index contributed by atoms with van der Waals surface area (Å²) in [5.74, 6) is 0. The summed E-state index contributed by atoms with van der Waals surface area (Å²) in [4.78, 5) is 11.1. The standard InChI is InChI=1S/C17H19ClN4O/c18-14-3-1-13(2-4-14)9-22-12-20-16-15(22)10-21(11-19-16)8-7-17(23)5-6-17/h1-4,10,12,23H,5-9,11H2. The molecule has 0 saturated heterocycles. The highest BCUT2D eigenvalue weighted by atomic mass is 35.5. The van der Waals surface area contributed by atoms with Crippen molar-refractivity contribution >= 4 is 17.8 Å². The minimum Gasteiger partial charge on any atom is -0.390 e. The number of benzene rings is 1. The first-order chi connectivity index (χ1) is 11.1. The van der Waals surface area contributed by atoms with Crippen LogP contribution in [0.1, 0.15) is 24.8 Å². The molecule has 1 saturated carbocycles. The van der Waals surface area contributed by atoms with Gasteiger partial charge in [0.15, 0.2) is 5.49 Å². The summed E-state index contributed by atoms with van der Waals surface area (Å²) in [6, 6.07) is 7.85. The Morgan fingerprint density at radius 1 is 1.22 bits per heavy atom. The normalized spacial score (nSPS) is 18.1. The van der Waals surface area contributed by atoms with Crippen molar-refractivity contribution in [2.75, 3.05) is 13.2 Å². The molecule has 2 aromatic rings. The van der Waals surface area contributed by atoms with Crippen molar-refractivity contribution < 1.29 is 5.11 Å². The van der Waals surface area contributed by atoms with Crippen LogP contribution in [-0.4, -0.2) is 38.4 Å². The van der Waals surface area contributed by atoms with Gasteiger partial charge in [0.25, 0.3) is 0 Å². The molecule has 0 radical (unpaired) electrons. The van der Waals surface area contributed by atoms with E-state index in [1.54, 1.807) is 0 Å². The molecule has 0 spiro atoms. The van der Waals surface area contributed by atoms with Crippen LogP contribution in [0.25, 0.3) is 6.20 Å². The number of hydrogen-bond donors (Lipinski definition) is 1. The lowest BCUT2D eigenvalue weighted by Crippen LogP contribution is -2.40. The minimum absolute atomic E-state index is 0.419. The van der Waals surface area contributed by atoms with Crippen LogP contribution < -0.4 is 10.8 Å². The highest BCUT2D eigenvalue weighted by Gasteiger charge is 2.39. The summed E-state index contributed by atoms with van der Waals surface area (Å²) in [6.07, 6.45) is 6.60. The molecule has 0 amide bonds. The number of rotatable bonds is 5. The van der Waals surface area contributed by atoms with Crippen LogP contribution in [0.4, 0.5) is 0 Å². The molecule has 1 fully saturated rings. The molecule has 1 aliphatic heterocycles. The van der Waals surface area contributed by atoms with Gasteiger partial charge in [0.2, 0.25) is 0 Å². The molecule has 23 heavy (non-hydrogen) atoms. The van der Waals surface area contributed by atoms with Crippen LogP contribution in [-0.2, 0) is 6.54 Å². The Morgan fingerprint density at radius 3 is 2.74 bits per heavy atom. The minimum atomic E-state index is -0.419. The predicted molar refractivity (Wildman–Crippen MR) is 88.4 cm³/mol. The molecule has 1 aromatic carbocycles. The van der Waals surface area contributed by atoms with E-state index in [1.165, 1.54) is 5.56 Å². The van der Waals surface area contributed by atoms with Crippen molar-refractivity contribution in [2.24, 2.45) is 4.99 Å². The van der Waals surface area contributed by atoms with Crippen LogP contribution in [0.15, 0.2) is 35.6 Å². The largest absolute Gasteiger partial charge is 0.390 e. The van der Waals surface area contributed by atoms with Crippen LogP contribution in [0, 0.1) is 0 Å². The number of nitrogens with zero attached hydrogens (tertiary/aromatic N) is 4. The molecule has 1 aliphatic carbocycles. The fourth-order valence-electron chi connectivity index (χ4n) is 2.80. The zero-order chi connectivity index (χ0) is 15.9. The third-order valence-corrected chi connectivity index (χ3v) is 4.77. The van der Waals surface area contributed by atoms with Gasteiger partial charge < -0.3 is 14.6 Å². The van der Waals surface area contributed by atoms with E-state index in [0.29, 0.717) is 6.67 Å². The summed E-state index contributed by atoms with van der Waals surface area (Å²) in [5.41, 5.74) is 1.55. The molecule has 6 heteroatoms. The summed E-state index contributed by atoms with van der Waals surface area (Å²) in [7, 11) is 0. The molecule has 5 nitrogen and oxygen atoms in total. The van der Waals surface area contributed by atoms with E-state index in [0.717, 1.165) is 48.2 Å². The summed E-state index contributed by atoms with van der Waals surface area (Å²) in [6.45, 7) is 2.18. The fraction of sp³-hybridized carbons (Fsp3) is 0.412. The van der Waals surface area contributed by atoms with Crippen LogP contribution in [0.3, 0.4) is 0 Å². The van der Waals surface area contributed by atoms with Crippen molar-refractivity contribution in [3.05, 3.63) is 52.0 Å². The number of halogens is 1. The molecular weight excluding hydrogens is 312 g/mol. The van der Waals surface area contributed by atoms with E-state index in [4.69, 9.17) is 11.6 Å². The lowest BCUT2D eigenvalue weighted by atomic mass is 10.2. The zero-order valence-electron chi connectivity index (χ0n) is 12.8. The fourth-order valence-corrected chi connectivity index (χ4v) is 2.93. The lowest BCUT2D eigenvalue weighted by molar-refractivity contribution is 0.130. The molecule has 4 rings (SSSR count). The second kappa shape index (κ2) is 5.65. The maximum atomic E-state index is 9.99. The van der Waals surface area contributed by atoms with Crippen molar-refractivity contribution in [1.29, 1.82) is 0 Å². The highest BCUT2D eigenvalue weighted by molar-refractivity contribution is 6.30. The molecule has 2 aliphatic rings. The van der Waals surface area contributed by atoms with Crippen molar-refractivity contribution in [3.63, 3.8) is 0 Å². The first kappa shape index (κ1) is 14.7. The van der Waals surface area contributed by atoms with E-state index < -0.39 is 5.60 Å². The van der Waals surface area contributed by atoms with Gasteiger partial charge in [-0.05, 0) is 37.0 Å². The third kappa shape index (κ3) is 3.26. The van der Waals surface area contributed by atoms with E-state index in [1.807, 2.05) is 30.6 Å². The van der Waals surface area contributed by atoms with Crippen molar-refractivity contribution in [2.45, 2.75) is 31.4 Å². The number of imidazole rings is 1. The number of aromatic nitrogens is 2. The van der Waals surface area contributed by atoms with Gasteiger partial charge >= 0.3 is 0 Å². The Balaban J connectivity index is 1.54. The maximum absolute atomic E-state index is 9.99. The van der Waals surface area contributed by atoms with Gasteiger partial charge in [-0.15, -0.1) is 0 Å². The lowest BCUT2D eigenvalue weighted by Gasteiger charge is -2.21. The molecule has 1 aromatic heterocycles. The van der Waals surface area contributed by atoms with Crippen LogP contribution in [0.5, 0.6) is 0 Å². The van der Waals surface area contributed by atoms with Gasteiger partial charge in [-0.2, -0.15) is 0 Å². The molecule has 120 valence electrons. The molecule has 0 atom stereocenters. The molecule has 0 unspecified atom stereocenters. The maximum Gasteiger partial charge on any atom is 0.176 e. The van der Waals surface area contributed by atoms with Gasteiger partial charge in [-0.1, -0.05) is 23.7 Å². The van der Waals surface area contributed by atoms with Crippen LogP contribution >= 0.6 is 11.6 Å². The monoisotopic (exact) mass is 330 g/mol. The Labute approximate surface area is 139 Å². The Morgan fingerprint density at radius 2 is 2.00 bits per heavy atom. The van der Waals surface area contributed by atoms with Gasteiger partial charge in [-0.3, -0.25) is 0 Å². The summed E-state index contributed by atoms with van der Waals surface area (Å²) < 4.78 is 2.10. The summed E-state index contributed by atoms with van der Waals surface area (Å²) >= 11 is 5.94. The number of fused-ring (bicyclic) bond motifs is 1. The smallest absolute Gasteiger partial charge is 0.176 e. The quantitative estimate of drug-likeness (QED) is 0.894. The van der Waals surface area contributed by atoms with Gasteiger partial charge in [0.05, 0.1) is 11.9 Å². The van der Waals surface area contributed by atoms with Gasteiger partial charge in [0, 0.05) is 24.3 Å². The Kier molecular flexibility index (Phi) is 3.62. The average Bonchev–Trinajstić information content (AvgIpc) is 3.17. The van der Waals surface area contributed by atoms with E-state index in [2.05, 4.69) is 25.6 Å². The second-order valence-electron chi connectivity index (χ2n) is 6.42. The SMILES string of the molecule is OC1(CCN2C=c3c(ncn3Cc3ccc(Cl)cc3)=NC2)CC1. The van der Waals surface area contributed by atoms with Crippen LogP contribution in [0.2, 0.25) is 5.02 Å². The first-order valence-corrected chi connectivity index (χ1v) is 8.28. The second-order valence-corrected chi connectivity index (χ2v) is 6.86. The molecule has 1 N–H and O–H groups in total. The highest BCUT2D eigenvalue weighted by Crippen LogP contribution is 2.38. The average molecular weight is 331 g/mol. The number of hydrogen-bond acceptors (Lipinski definition) is 4. The molecule has 0 bridgehead atoms. The Bertz CT molecular complexity index is 823. The topological polar surface area (TPSA) is 53.6 Å². The van der Waals surface area contributed by atoms with E-state index in [-0.39, 0.29) is 0 Å². The summed E-state index contributed by atoms with van der Waals surface area (Å²) in [5, 5.41) is 11.8. The molecule has 2 heterocycles. The van der Waals surface area contributed by atoms with Crippen molar-refractivity contribution in [1.82, 2.24) is 14.5 Å². The first-order valence-electron chi connectivity index (χ1n) is 7.90. The van der Waals surface area contributed by atoms with E-state index in [9.17, 15) is 5.11 Å². The number of aliphatic hydroxyl groups is 1. The van der Waals surface area contributed by atoms with E-state index >= 15 is 0 Å². The van der Waals surface area contributed by atoms with Gasteiger partial charge in [-0.25, -0.2) is 9.98 Å². The molecular formula is C17H19ClN4O. The predicted octanol–water partition coefficient (Wildman–Crippen LogP) is 1.13. The third-order valence-electron chi connectivity index (χ3n) is 4.52. The Hall–Kier alpha value is -1.85. The van der Waals surface area contributed by atoms with Gasteiger partial charge in [0.1, 0.15) is 12.0 Å².